The monoisotopic (exact) mass is 662 g/mol. The summed E-state index contributed by atoms with van der Waals surface area (Å²) < 4.78 is 72.7. The maximum absolute atomic E-state index is 15.4. The van der Waals surface area contributed by atoms with Gasteiger partial charge in [-0.25, -0.2) is 4.39 Å². The second-order valence-corrected chi connectivity index (χ2v) is 13.4. The molecule has 5 heterocycles. The van der Waals surface area contributed by atoms with Gasteiger partial charge in [-0.15, -0.1) is 6.42 Å². The van der Waals surface area contributed by atoms with Gasteiger partial charge in [-0.2, -0.15) is 23.1 Å². The first-order chi connectivity index (χ1) is 23.1. The predicted octanol–water partition coefficient (Wildman–Crippen LogP) is 5.12. The van der Waals surface area contributed by atoms with Gasteiger partial charge in [0.05, 0.1) is 42.0 Å². The van der Waals surface area contributed by atoms with Crippen LogP contribution in [-0.2, 0) is 10.9 Å². The number of piperazine rings is 1. The first-order valence-corrected chi connectivity index (χ1v) is 16.2. The van der Waals surface area contributed by atoms with Gasteiger partial charge in [-0.1, -0.05) is 12.0 Å². The Hall–Kier alpha value is -4.25. The summed E-state index contributed by atoms with van der Waals surface area (Å²) in [5.41, 5.74) is -2.56. The number of alkyl halides is 3. The lowest BCUT2D eigenvalue weighted by Crippen LogP contribution is -2.51. The third-order valence-corrected chi connectivity index (χ3v) is 10.1. The number of morpholine rings is 1. The van der Waals surface area contributed by atoms with E-state index in [-0.39, 0.29) is 68.7 Å². The van der Waals surface area contributed by atoms with Crippen molar-refractivity contribution in [3.63, 3.8) is 0 Å². The Labute approximate surface area is 274 Å². The summed E-state index contributed by atoms with van der Waals surface area (Å²) in [4.78, 5) is 17.8. The van der Waals surface area contributed by atoms with Gasteiger partial charge in [0.25, 0.3) is 0 Å². The predicted molar refractivity (Wildman–Crippen MR) is 171 cm³/mol. The van der Waals surface area contributed by atoms with Crippen LogP contribution in [0.1, 0.15) is 36.8 Å². The first-order valence-electron chi connectivity index (χ1n) is 16.2. The number of rotatable bonds is 7. The quantitative estimate of drug-likeness (QED) is 0.207. The van der Waals surface area contributed by atoms with Crippen molar-refractivity contribution in [1.82, 2.24) is 25.2 Å². The molecule has 0 spiro atoms. The van der Waals surface area contributed by atoms with Gasteiger partial charge < -0.3 is 24.8 Å². The fourth-order valence-electron chi connectivity index (χ4n) is 7.53. The summed E-state index contributed by atoms with van der Waals surface area (Å²) in [5, 5.41) is 14.6. The number of hydrogen-bond donors (Lipinski definition) is 2. The number of hydrogen-bond acceptors (Lipinski definition) is 9. The van der Waals surface area contributed by atoms with Crippen molar-refractivity contribution in [2.24, 2.45) is 5.41 Å². The molecule has 2 unspecified atom stereocenters. The average molecular weight is 663 g/mol. The van der Waals surface area contributed by atoms with Gasteiger partial charge in [0.2, 0.25) is 0 Å². The van der Waals surface area contributed by atoms with E-state index in [9.17, 15) is 9.50 Å². The van der Waals surface area contributed by atoms with Crippen molar-refractivity contribution in [2.45, 2.75) is 43.9 Å². The number of ether oxygens (including phenoxy) is 2. The van der Waals surface area contributed by atoms with Crippen LogP contribution in [0.5, 0.6) is 11.8 Å². The van der Waals surface area contributed by atoms with E-state index >= 15 is 13.2 Å². The number of phenols is 1. The van der Waals surface area contributed by atoms with Crippen LogP contribution in [0.15, 0.2) is 30.5 Å². The molecule has 250 valence electrons. The number of fused-ring (bicyclic) bond motifs is 4. The van der Waals surface area contributed by atoms with E-state index < -0.39 is 23.3 Å². The Bertz CT molecular complexity index is 1940. The number of aromatic nitrogens is 3. The lowest BCUT2D eigenvalue weighted by molar-refractivity contribution is -0.136. The Morgan fingerprint density at radius 3 is 2.54 bits per heavy atom. The number of nitrogens with one attached hydrogen (secondary N) is 1. The molecule has 4 fully saturated rings. The highest BCUT2D eigenvalue weighted by Gasteiger charge is 2.46. The third kappa shape index (κ3) is 5.65. The van der Waals surface area contributed by atoms with Gasteiger partial charge in [0.1, 0.15) is 22.9 Å². The van der Waals surface area contributed by atoms with E-state index in [1.54, 1.807) is 0 Å². The van der Waals surface area contributed by atoms with Crippen LogP contribution in [-0.4, -0.2) is 89.6 Å². The third-order valence-electron chi connectivity index (χ3n) is 10.1. The number of benzene rings is 2. The van der Waals surface area contributed by atoms with Gasteiger partial charge in [-0.05, 0) is 49.3 Å². The van der Waals surface area contributed by atoms with Crippen molar-refractivity contribution in [3.8, 4) is 35.4 Å². The molecule has 4 aliphatic rings. The molecule has 2 N–H and O–H groups in total. The SMILES string of the molecule is C#Cc1c(F)ccc2cc(O)cc(-c3ncc4c(N5CC6CCC(C5)N6)nc(OCC5(CN6CCOCC6)CC5)nc4c3C(F)(F)F)c12. The summed E-state index contributed by atoms with van der Waals surface area (Å²) in [6.07, 6.45) is 5.82. The second-order valence-electron chi connectivity index (χ2n) is 13.4. The summed E-state index contributed by atoms with van der Waals surface area (Å²) in [6, 6.07) is 5.16. The van der Waals surface area contributed by atoms with Gasteiger partial charge in [0, 0.05) is 67.4 Å². The smallest absolute Gasteiger partial charge is 0.420 e. The van der Waals surface area contributed by atoms with E-state index in [0.29, 0.717) is 32.1 Å². The molecule has 4 aromatic rings. The molecule has 2 atom stereocenters. The largest absolute Gasteiger partial charge is 0.508 e. The molecule has 1 saturated carbocycles. The molecular formula is C35H34F4N6O3. The molecular weight excluding hydrogens is 628 g/mol. The zero-order valence-corrected chi connectivity index (χ0v) is 26.1. The zero-order chi connectivity index (χ0) is 33.2. The number of pyridine rings is 1. The minimum atomic E-state index is -4.96. The van der Waals surface area contributed by atoms with Crippen molar-refractivity contribution in [3.05, 3.63) is 47.4 Å². The van der Waals surface area contributed by atoms with Crippen LogP contribution >= 0.6 is 0 Å². The molecule has 1 aliphatic carbocycles. The maximum atomic E-state index is 15.4. The standard InChI is InChI=1S/C35H34F4N6O3/c1-2-24-27(36)6-3-20-13-23(46)14-25(28(20)24)30-29(35(37,38)39)31-26(15-40-30)32(45-16-21-4-5-22(17-45)41-21)43-33(42-31)48-19-34(7-8-34)18-44-9-11-47-12-10-44/h1,3,6,13-15,21-22,41,46H,4-5,7-12,16-19H2. The minimum absolute atomic E-state index is 0.0378. The van der Waals surface area contributed by atoms with Crippen LogP contribution in [0.2, 0.25) is 0 Å². The second kappa shape index (κ2) is 11.7. The van der Waals surface area contributed by atoms with E-state index in [1.165, 1.54) is 18.3 Å². The number of aromatic hydroxyl groups is 1. The highest BCUT2D eigenvalue weighted by Crippen LogP contribution is 2.48. The Kier molecular flexibility index (Phi) is 7.58. The lowest BCUT2D eigenvalue weighted by Gasteiger charge is -2.34. The molecule has 48 heavy (non-hydrogen) atoms. The van der Waals surface area contributed by atoms with E-state index in [4.69, 9.17) is 20.9 Å². The highest BCUT2D eigenvalue weighted by molar-refractivity contribution is 6.04. The first kappa shape index (κ1) is 31.0. The number of nitrogens with zero attached hydrogens (tertiary/aromatic N) is 5. The van der Waals surface area contributed by atoms with Crippen LogP contribution < -0.4 is 15.0 Å². The normalized spacial score (nSPS) is 22.3. The van der Waals surface area contributed by atoms with Crippen molar-refractivity contribution >= 4 is 27.5 Å². The number of terminal acetylenes is 1. The van der Waals surface area contributed by atoms with Crippen molar-refractivity contribution < 1.29 is 32.1 Å². The maximum Gasteiger partial charge on any atom is 0.420 e. The molecule has 13 heteroatoms. The molecule has 3 aliphatic heterocycles. The van der Waals surface area contributed by atoms with E-state index in [2.05, 4.69) is 26.1 Å². The van der Waals surface area contributed by atoms with Gasteiger partial charge >= 0.3 is 12.2 Å². The molecule has 8 rings (SSSR count). The van der Waals surface area contributed by atoms with Crippen LogP contribution in [0.3, 0.4) is 0 Å². The van der Waals surface area contributed by atoms with E-state index in [0.717, 1.165) is 57.5 Å². The number of halogens is 4. The summed E-state index contributed by atoms with van der Waals surface area (Å²) in [5.74, 6) is 1.51. The summed E-state index contributed by atoms with van der Waals surface area (Å²) in [7, 11) is 0. The van der Waals surface area contributed by atoms with Gasteiger partial charge in [-0.3, -0.25) is 9.88 Å². The molecule has 3 saturated heterocycles. The number of anilines is 1. The molecule has 2 aromatic heterocycles. The Morgan fingerprint density at radius 2 is 1.85 bits per heavy atom. The lowest BCUT2D eigenvalue weighted by atomic mass is 9.93. The fraction of sp³-hybridized carbons (Fsp3) is 0.457. The average Bonchev–Trinajstić information content (AvgIpc) is 3.75. The Balaban J connectivity index is 1.29. The summed E-state index contributed by atoms with van der Waals surface area (Å²) in [6.45, 7) is 5.18. The number of phenolic OH excluding ortho intramolecular Hbond substituents is 1. The fourth-order valence-corrected chi connectivity index (χ4v) is 7.53. The van der Waals surface area contributed by atoms with Gasteiger partial charge in [0.15, 0.2) is 0 Å². The van der Waals surface area contributed by atoms with Crippen molar-refractivity contribution in [1.29, 1.82) is 0 Å². The molecule has 0 radical (unpaired) electrons. The molecule has 9 nitrogen and oxygen atoms in total. The molecule has 2 bridgehead atoms. The molecule has 0 amide bonds. The van der Waals surface area contributed by atoms with Crippen LogP contribution in [0, 0.1) is 23.6 Å². The van der Waals surface area contributed by atoms with Crippen LogP contribution in [0.25, 0.3) is 32.9 Å². The highest BCUT2D eigenvalue weighted by atomic mass is 19.4. The van der Waals surface area contributed by atoms with Crippen molar-refractivity contribution in [2.75, 3.05) is 57.4 Å². The Morgan fingerprint density at radius 1 is 1.10 bits per heavy atom. The topological polar surface area (TPSA) is 95.9 Å². The van der Waals surface area contributed by atoms with E-state index in [1.807, 2.05) is 4.90 Å². The zero-order valence-electron chi connectivity index (χ0n) is 26.1. The molecule has 2 aromatic carbocycles. The van der Waals surface area contributed by atoms with Crippen LogP contribution in [0.4, 0.5) is 23.4 Å². The summed E-state index contributed by atoms with van der Waals surface area (Å²) >= 11 is 0. The minimum Gasteiger partial charge on any atom is -0.508 e.